The Morgan fingerprint density at radius 1 is 1.00 bits per heavy atom. The van der Waals surface area contributed by atoms with E-state index in [0.29, 0.717) is 0 Å². The SMILES string of the molecule is O=C(O)N1CC=CCN1C(=O)O. The Kier molecular flexibility index (Phi) is 2.18. The van der Waals surface area contributed by atoms with Crippen LogP contribution in [0.3, 0.4) is 0 Å². The van der Waals surface area contributed by atoms with Gasteiger partial charge in [0.25, 0.3) is 0 Å². The van der Waals surface area contributed by atoms with E-state index in [0.717, 1.165) is 10.0 Å². The van der Waals surface area contributed by atoms with E-state index in [1.165, 1.54) is 0 Å². The highest BCUT2D eigenvalue weighted by atomic mass is 16.4. The van der Waals surface area contributed by atoms with Crippen molar-refractivity contribution in [2.24, 2.45) is 0 Å². The number of nitrogens with zero attached hydrogens (tertiary/aromatic N) is 2. The smallest absolute Gasteiger partial charge is 0.426 e. The Labute approximate surface area is 68.3 Å². The fourth-order valence-electron chi connectivity index (χ4n) is 0.909. The highest BCUT2D eigenvalue weighted by Crippen LogP contribution is 2.05. The van der Waals surface area contributed by atoms with Gasteiger partial charge in [0.2, 0.25) is 0 Å². The van der Waals surface area contributed by atoms with Crippen molar-refractivity contribution in [3.05, 3.63) is 12.2 Å². The number of carbonyl (C=O) groups is 2. The summed E-state index contributed by atoms with van der Waals surface area (Å²) in [5, 5.41) is 18.6. The Bertz CT molecular complexity index is 214. The molecule has 6 nitrogen and oxygen atoms in total. The van der Waals surface area contributed by atoms with Crippen LogP contribution in [-0.4, -0.2) is 45.5 Å². The first-order valence-electron chi connectivity index (χ1n) is 3.28. The fraction of sp³-hybridized carbons (Fsp3) is 0.333. The average molecular weight is 172 g/mol. The largest absolute Gasteiger partial charge is 0.464 e. The van der Waals surface area contributed by atoms with Crippen LogP contribution >= 0.6 is 0 Å². The number of hydrazine groups is 1. The van der Waals surface area contributed by atoms with Crippen molar-refractivity contribution in [1.82, 2.24) is 10.0 Å². The maximum absolute atomic E-state index is 10.5. The van der Waals surface area contributed by atoms with Crippen molar-refractivity contribution in [2.45, 2.75) is 0 Å². The molecule has 0 unspecified atom stereocenters. The molecule has 0 saturated heterocycles. The van der Waals surface area contributed by atoms with Crippen LogP contribution in [0.25, 0.3) is 0 Å². The Hall–Kier alpha value is -1.72. The third kappa shape index (κ3) is 1.47. The summed E-state index contributed by atoms with van der Waals surface area (Å²) in [6.45, 7) is 0.170. The summed E-state index contributed by atoms with van der Waals surface area (Å²) in [7, 11) is 0. The van der Waals surface area contributed by atoms with Gasteiger partial charge in [0.15, 0.2) is 0 Å². The zero-order valence-corrected chi connectivity index (χ0v) is 6.17. The standard InChI is InChI=1S/C6H8N2O4/c9-5(10)7-3-1-2-4-8(7)6(11)12/h1-2H,3-4H2,(H,9,10)(H,11,12). The predicted octanol–water partition coefficient (Wildman–Crippen LogP) is 0.431. The van der Waals surface area contributed by atoms with E-state index in [1.54, 1.807) is 12.2 Å². The summed E-state index contributed by atoms with van der Waals surface area (Å²) in [4.78, 5) is 20.9. The average Bonchev–Trinajstić information content (AvgIpc) is 2.04. The van der Waals surface area contributed by atoms with E-state index < -0.39 is 12.2 Å². The molecule has 12 heavy (non-hydrogen) atoms. The Morgan fingerprint density at radius 3 is 1.58 bits per heavy atom. The Balaban J connectivity index is 2.76. The van der Waals surface area contributed by atoms with Gasteiger partial charge in [-0.1, -0.05) is 12.2 Å². The normalized spacial score (nSPS) is 16.3. The number of hydrogen-bond donors (Lipinski definition) is 2. The molecule has 0 saturated carbocycles. The van der Waals surface area contributed by atoms with Crippen LogP contribution in [0.5, 0.6) is 0 Å². The lowest BCUT2D eigenvalue weighted by Gasteiger charge is -2.30. The van der Waals surface area contributed by atoms with Gasteiger partial charge in [-0.3, -0.25) is 0 Å². The van der Waals surface area contributed by atoms with Gasteiger partial charge in [-0.05, 0) is 0 Å². The highest BCUT2D eigenvalue weighted by Gasteiger charge is 2.25. The van der Waals surface area contributed by atoms with Gasteiger partial charge in [0.1, 0.15) is 0 Å². The molecule has 1 heterocycles. The maximum atomic E-state index is 10.5. The van der Waals surface area contributed by atoms with E-state index in [-0.39, 0.29) is 13.1 Å². The van der Waals surface area contributed by atoms with Gasteiger partial charge >= 0.3 is 12.2 Å². The summed E-state index contributed by atoms with van der Waals surface area (Å²) in [5.41, 5.74) is 0. The molecule has 0 radical (unpaired) electrons. The minimum absolute atomic E-state index is 0.0850. The topological polar surface area (TPSA) is 81.1 Å². The second-order valence-electron chi connectivity index (χ2n) is 2.20. The summed E-state index contributed by atoms with van der Waals surface area (Å²) in [6.07, 6.45) is 0.685. The van der Waals surface area contributed by atoms with Gasteiger partial charge in [-0.25, -0.2) is 19.6 Å². The molecule has 2 amide bonds. The van der Waals surface area contributed by atoms with Crippen molar-refractivity contribution in [2.75, 3.05) is 13.1 Å². The molecule has 1 aliphatic heterocycles. The molecule has 0 aliphatic carbocycles. The second-order valence-corrected chi connectivity index (χ2v) is 2.20. The molecule has 66 valence electrons. The van der Waals surface area contributed by atoms with Crippen molar-refractivity contribution in [3.8, 4) is 0 Å². The van der Waals surface area contributed by atoms with Crippen LogP contribution in [-0.2, 0) is 0 Å². The molecular weight excluding hydrogens is 164 g/mol. The van der Waals surface area contributed by atoms with Gasteiger partial charge in [-0.2, -0.15) is 0 Å². The summed E-state index contributed by atoms with van der Waals surface area (Å²) < 4.78 is 0. The van der Waals surface area contributed by atoms with Gasteiger partial charge in [-0.15, -0.1) is 0 Å². The van der Waals surface area contributed by atoms with Crippen LogP contribution in [0.15, 0.2) is 12.2 Å². The molecule has 0 fully saturated rings. The van der Waals surface area contributed by atoms with Gasteiger partial charge in [0.05, 0.1) is 13.1 Å². The summed E-state index contributed by atoms with van der Waals surface area (Å²) >= 11 is 0. The summed E-state index contributed by atoms with van der Waals surface area (Å²) in [5.74, 6) is 0. The minimum Gasteiger partial charge on any atom is -0.464 e. The van der Waals surface area contributed by atoms with Crippen LogP contribution in [0, 0.1) is 0 Å². The van der Waals surface area contributed by atoms with Crippen LogP contribution in [0.4, 0.5) is 9.59 Å². The third-order valence-corrected chi connectivity index (χ3v) is 1.46. The van der Waals surface area contributed by atoms with Crippen molar-refractivity contribution in [3.63, 3.8) is 0 Å². The minimum atomic E-state index is -1.26. The zero-order chi connectivity index (χ0) is 9.14. The van der Waals surface area contributed by atoms with Crippen LogP contribution < -0.4 is 0 Å². The van der Waals surface area contributed by atoms with Crippen LogP contribution in [0.1, 0.15) is 0 Å². The molecule has 1 rings (SSSR count). The maximum Gasteiger partial charge on any atom is 0.426 e. The monoisotopic (exact) mass is 172 g/mol. The first-order valence-corrected chi connectivity index (χ1v) is 3.28. The zero-order valence-electron chi connectivity index (χ0n) is 6.17. The number of rotatable bonds is 0. The molecule has 0 spiro atoms. The highest BCUT2D eigenvalue weighted by molar-refractivity contribution is 5.72. The fourth-order valence-corrected chi connectivity index (χ4v) is 0.909. The van der Waals surface area contributed by atoms with E-state index >= 15 is 0 Å². The van der Waals surface area contributed by atoms with E-state index in [4.69, 9.17) is 10.2 Å². The van der Waals surface area contributed by atoms with Gasteiger partial charge < -0.3 is 10.2 Å². The third-order valence-electron chi connectivity index (χ3n) is 1.46. The van der Waals surface area contributed by atoms with Gasteiger partial charge in [0, 0.05) is 0 Å². The van der Waals surface area contributed by atoms with E-state index in [2.05, 4.69) is 0 Å². The van der Waals surface area contributed by atoms with Crippen molar-refractivity contribution >= 4 is 12.2 Å². The Morgan fingerprint density at radius 2 is 1.33 bits per heavy atom. The molecule has 2 N–H and O–H groups in total. The van der Waals surface area contributed by atoms with Crippen LogP contribution in [0.2, 0.25) is 0 Å². The lowest BCUT2D eigenvalue weighted by atomic mass is 10.4. The first-order chi connectivity index (χ1) is 5.63. The molecule has 0 aromatic heterocycles. The van der Waals surface area contributed by atoms with Crippen molar-refractivity contribution in [1.29, 1.82) is 0 Å². The number of carboxylic acid groups (broad SMARTS) is 2. The molecule has 0 atom stereocenters. The molecule has 0 aromatic carbocycles. The molecular formula is C6H8N2O4. The first kappa shape index (κ1) is 8.38. The molecule has 6 heteroatoms. The second kappa shape index (κ2) is 3.12. The predicted molar refractivity (Wildman–Crippen MR) is 38.6 cm³/mol. The quantitative estimate of drug-likeness (QED) is 0.519. The molecule has 0 bridgehead atoms. The number of hydrogen-bond acceptors (Lipinski definition) is 2. The lowest BCUT2D eigenvalue weighted by molar-refractivity contribution is 0.0114. The number of amides is 2. The van der Waals surface area contributed by atoms with E-state index in [1.807, 2.05) is 0 Å². The summed E-state index contributed by atoms with van der Waals surface area (Å²) in [6, 6.07) is 0. The van der Waals surface area contributed by atoms with E-state index in [9.17, 15) is 9.59 Å². The molecule has 1 aliphatic rings. The van der Waals surface area contributed by atoms with Crippen molar-refractivity contribution < 1.29 is 19.8 Å². The molecule has 0 aromatic rings. The lowest BCUT2D eigenvalue weighted by Crippen LogP contribution is -2.50.